The summed E-state index contributed by atoms with van der Waals surface area (Å²) in [6.07, 6.45) is 9.82. The lowest BCUT2D eigenvalue weighted by atomic mass is 9.78. The fourth-order valence-electron chi connectivity index (χ4n) is 4.75. The highest BCUT2D eigenvalue weighted by Crippen LogP contribution is 2.38. The number of aromatic nitrogens is 3. The van der Waals surface area contributed by atoms with Crippen LogP contribution in [0, 0.1) is 5.92 Å². The summed E-state index contributed by atoms with van der Waals surface area (Å²) in [5.74, 6) is 1.72. The van der Waals surface area contributed by atoms with Crippen LogP contribution in [0.25, 0.3) is 0 Å². The number of pyridine rings is 1. The lowest BCUT2D eigenvalue weighted by molar-refractivity contribution is -0.235. The van der Waals surface area contributed by atoms with Crippen molar-refractivity contribution in [1.82, 2.24) is 19.7 Å². The maximum atomic E-state index is 13.1. The minimum atomic E-state index is -1.27. The monoisotopic (exact) mass is 474 g/mol. The maximum Gasteiger partial charge on any atom is 0.259 e. The van der Waals surface area contributed by atoms with E-state index < -0.39 is 18.4 Å². The van der Waals surface area contributed by atoms with Crippen molar-refractivity contribution in [3.63, 3.8) is 0 Å². The number of hydrogen-bond donors (Lipinski definition) is 1. The Morgan fingerprint density at radius 1 is 1.24 bits per heavy atom. The van der Waals surface area contributed by atoms with Gasteiger partial charge < -0.3 is 29.0 Å². The van der Waals surface area contributed by atoms with Gasteiger partial charge in [-0.2, -0.15) is 5.10 Å². The highest BCUT2D eigenvalue weighted by atomic mass is 16.7. The molecular weight excluding hydrogens is 440 g/mol. The fraction of sp³-hybridized carbons (Fsp3) is 0.625. The molecule has 0 unspecified atom stereocenters. The molecule has 1 N–H and O–H groups in total. The van der Waals surface area contributed by atoms with Gasteiger partial charge in [0.2, 0.25) is 0 Å². The van der Waals surface area contributed by atoms with Gasteiger partial charge in [-0.1, -0.05) is 6.92 Å². The van der Waals surface area contributed by atoms with Crippen molar-refractivity contribution in [2.45, 2.75) is 56.8 Å². The van der Waals surface area contributed by atoms with Crippen molar-refractivity contribution in [3.8, 4) is 11.5 Å². The Bertz CT molecular complexity index is 960. The average molecular weight is 475 g/mol. The molecule has 2 atom stereocenters. The molecule has 0 spiro atoms. The van der Waals surface area contributed by atoms with E-state index >= 15 is 0 Å². The molecule has 2 fully saturated rings. The number of nitrogens with zero attached hydrogens (tertiary/aromatic N) is 4. The van der Waals surface area contributed by atoms with E-state index in [9.17, 15) is 9.90 Å². The number of methoxy groups -OCH3 is 1. The third-order valence-electron chi connectivity index (χ3n) is 6.71. The molecule has 1 saturated carbocycles. The summed E-state index contributed by atoms with van der Waals surface area (Å²) < 4.78 is 24.8. The van der Waals surface area contributed by atoms with Crippen molar-refractivity contribution in [3.05, 3.63) is 36.4 Å². The van der Waals surface area contributed by atoms with Gasteiger partial charge in [-0.3, -0.25) is 14.5 Å². The van der Waals surface area contributed by atoms with Crippen LogP contribution in [0.2, 0.25) is 0 Å². The lowest BCUT2D eigenvalue weighted by Crippen LogP contribution is -2.77. The van der Waals surface area contributed by atoms with Crippen LogP contribution in [0.5, 0.6) is 11.5 Å². The standard InChI is InChI=1S/C24H34N4O6/c1-17-4-6-19(7-5-17)34-20-8-9-25-18(10-20)11-24(33-16-31-3)22(28(15-29)23(24)30)14-32-21-12-26-27(2)13-21/h8-10,12-13,17,19,22,29H,4-7,11,14-16H2,1-3H3/t17?,19?,22-,24+/m0/s1. The van der Waals surface area contributed by atoms with E-state index in [0.717, 1.165) is 24.5 Å². The molecule has 4 rings (SSSR count). The number of aryl methyl sites for hydroxylation is 1. The summed E-state index contributed by atoms with van der Waals surface area (Å²) in [5, 5.41) is 13.9. The van der Waals surface area contributed by atoms with Crippen LogP contribution >= 0.6 is 0 Å². The number of rotatable bonds is 11. The Morgan fingerprint density at radius 3 is 2.71 bits per heavy atom. The van der Waals surface area contributed by atoms with Gasteiger partial charge in [0.05, 0.1) is 18.5 Å². The largest absolute Gasteiger partial charge is 0.490 e. The Kier molecular flexibility index (Phi) is 7.70. The van der Waals surface area contributed by atoms with Gasteiger partial charge in [-0.15, -0.1) is 0 Å². The zero-order chi connectivity index (χ0) is 24.1. The zero-order valence-corrected chi connectivity index (χ0v) is 20.1. The van der Waals surface area contributed by atoms with Gasteiger partial charge >= 0.3 is 0 Å². The molecule has 0 bridgehead atoms. The minimum Gasteiger partial charge on any atom is -0.490 e. The summed E-state index contributed by atoms with van der Waals surface area (Å²) >= 11 is 0. The first-order valence-electron chi connectivity index (χ1n) is 11.7. The Morgan fingerprint density at radius 2 is 2.03 bits per heavy atom. The molecule has 186 valence electrons. The summed E-state index contributed by atoms with van der Waals surface area (Å²) in [7, 11) is 3.29. The number of likely N-dealkylation sites (tertiary alicyclic amines) is 1. The van der Waals surface area contributed by atoms with Crippen LogP contribution in [-0.2, 0) is 27.7 Å². The van der Waals surface area contributed by atoms with E-state index in [2.05, 4.69) is 17.0 Å². The quantitative estimate of drug-likeness (QED) is 0.389. The summed E-state index contributed by atoms with van der Waals surface area (Å²) in [6.45, 7) is 1.89. The first kappa shape index (κ1) is 24.4. The van der Waals surface area contributed by atoms with Gasteiger partial charge in [0.25, 0.3) is 5.91 Å². The molecule has 3 heterocycles. The number of amides is 1. The number of ether oxygens (including phenoxy) is 4. The molecule has 0 aromatic carbocycles. The topological polar surface area (TPSA) is 108 Å². The number of hydrogen-bond acceptors (Lipinski definition) is 8. The number of carbonyl (C=O) groups excluding carboxylic acids is 1. The van der Waals surface area contributed by atoms with Crippen molar-refractivity contribution in [1.29, 1.82) is 0 Å². The van der Waals surface area contributed by atoms with E-state index in [1.165, 1.54) is 24.9 Å². The second kappa shape index (κ2) is 10.7. The number of carbonyl (C=O) groups is 1. The summed E-state index contributed by atoms with van der Waals surface area (Å²) in [6, 6.07) is 3.17. The number of aliphatic hydroxyl groups excluding tert-OH is 1. The molecule has 2 aromatic heterocycles. The second-order valence-corrected chi connectivity index (χ2v) is 9.19. The van der Waals surface area contributed by atoms with Crippen molar-refractivity contribution < 1.29 is 28.8 Å². The van der Waals surface area contributed by atoms with Gasteiger partial charge in [0.1, 0.15) is 31.9 Å². The minimum absolute atomic E-state index is 0.0785. The van der Waals surface area contributed by atoms with Crippen LogP contribution in [0.3, 0.4) is 0 Å². The molecule has 34 heavy (non-hydrogen) atoms. The van der Waals surface area contributed by atoms with Crippen LogP contribution in [0.15, 0.2) is 30.7 Å². The number of β-lactam (4-membered cyclic amide) rings is 1. The first-order valence-corrected chi connectivity index (χ1v) is 11.7. The third kappa shape index (κ3) is 5.18. The smallest absolute Gasteiger partial charge is 0.259 e. The predicted octanol–water partition coefficient (Wildman–Crippen LogP) is 1.91. The molecule has 1 amide bonds. The Labute approximate surface area is 199 Å². The zero-order valence-electron chi connectivity index (χ0n) is 20.1. The highest BCUT2D eigenvalue weighted by Gasteiger charge is 2.62. The fourth-order valence-corrected chi connectivity index (χ4v) is 4.75. The Balaban J connectivity index is 1.50. The van der Waals surface area contributed by atoms with Crippen LogP contribution in [0.1, 0.15) is 38.3 Å². The average Bonchev–Trinajstić information content (AvgIpc) is 3.25. The highest BCUT2D eigenvalue weighted by molar-refractivity contribution is 5.93. The van der Waals surface area contributed by atoms with Gasteiger partial charge in [0, 0.05) is 38.5 Å². The van der Waals surface area contributed by atoms with Crippen molar-refractivity contribution in [2.75, 3.05) is 27.2 Å². The van der Waals surface area contributed by atoms with E-state index in [1.807, 2.05) is 12.1 Å². The molecule has 10 nitrogen and oxygen atoms in total. The molecule has 2 aromatic rings. The van der Waals surface area contributed by atoms with E-state index in [0.29, 0.717) is 11.4 Å². The van der Waals surface area contributed by atoms with Crippen molar-refractivity contribution >= 4 is 5.91 Å². The lowest BCUT2D eigenvalue weighted by Gasteiger charge is -2.53. The normalized spacial score (nSPS) is 26.9. The van der Waals surface area contributed by atoms with Crippen LogP contribution in [0.4, 0.5) is 0 Å². The van der Waals surface area contributed by atoms with Crippen LogP contribution in [-0.4, -0.2) is 75.7 Å². The summed E-state index contributed by atoms with van der Waals surface area (Å²) in [5.41, 5.74) is -0.609. The molecule has 10 heteroatoms. The van der Waals surface area contributed by atoms with E-state index in [4.69, 9.17) is 18.9 Å². The predicted molar refractivity (Wildman–Crippen MR) is 122 cm³/mol. The van der Waals surface area contributed by atoms with Crippen LogP contribution < -0.4 is 9.47 Å². The molecular formula is C24H34N4O6. The number of aliphatic hydroxyl groups is 1. The first-order chi connectivity index (χ1) is 16.4. The maximum absolute atomic E-state index is 13.1. The second-order valence-electron chi connectivity index (χ2n) is 9.19. The molecule has 0 radical (unpaired) electrons. The molecule has 1 aliphatic heterocycles. The van der Waals surface area contributed by atoms with Gasteiger partial charge in [-0.25, -0.2) is 0 Å². The third-order valence-corrected chi connectivity index (χ3v) is 6.71. The molecule has 2 aliphatic rings. The van der Waals surface area contributed by atoms with Gasteiger partial charge in [0.15, 0.2) is 11.4 Å². The SMILES string of the molecule is COCO[C@@]1(Cc2cc(OC3CCC(C)CC3)ccn2)C(=O)N(CO)[C@H]1COc1cnn(C)c1. The van der Waals surface area contributed by atoms with Gasteiger partial charge in [-0.05, 0) is 37.7 Å². The Hall–Kier alpha value is -2.69. The summed E-state index contributed by atoms with van der Waals surface area (Å²) in [4.78, 5) is 18.9. The van der Waals surface area contributed by atoms with E-state index in [-0.39, 0.29) is 31.8 Å². The molecule has 1 saturated heterocycles. The molecule has 1 aliphatic carbocycles. The van der Waals surface area contributed by atoms with Crippen molar-refractivity contribution in [2.24, 2.45) is 13.0 Å². The van der Waals surface area contributed by atoms with E-state index in [1.54, 1.807) is 30.3 Å².